The van der Waals surface area contributed by atoms with Gasteiger partial charge in [-0.2, -0.15) is 0 Å². The zero-order valence-electron chi connectivity index (χ0n) is 13.7. The van der Waals surface area contributed by atoms with E-state index in [2.05, 4.69) is 36.1 Å². The van der Waals surface area contributed by atoms with Crippen LogP contribution in [0.3, 0.4) is 0 Å². The van der Waals surface area contributed by atoms with Crippen LogP contribution in [0.5, 0.6) is 0 Å². The standard InChI is InChI=1S/C19H28N2O/c1-15-17-8-4-3-7-16(17)9-12-21(15)18(22)13-19(14-20)10-5-2-6-11-19/h3-4,7-8,15H,2,5-6,9-14,20H2,1H3. The monoisotopic (exact) mass is 300 g/mol. The van der Waals surface area contributed by atoms with E-state index in [9.17, 15) is 4.79 Å². The molecule has 1 aromatic carbocycles. The average molecular weight is 300 g/mol. The number of amides is 1. The van der Waals surface area contributed by atoms with Gasteiger partial charge < -0.3 is 10.6 Å². The molecule has 22 heavy (non-hydrogen) atoms. The minimum Gasteiger partial charge on any atom is -0.336 e. The van der Waals surface area contributed by atoms with Gasteiger partial charge in [-0.15, -0.1) is 0 Å². The topological polar surface area (TPSA) is 46.3 Å². The Labute approximate surface area is 133 Å². The summed E-state index contributed by atoms with van der Waals surface area (Å²) in [5.41, 5.74) is 8.82. The summed E-state index contributed by atoms with van der Waals surface area (Å²) in [6.07, 6.45) is 7.59. The van der Waals surface area contributed by atoms with Crippen LogP contribution >= 0.6 is 0 Å². The van der Waals surface area contributed by atoms with Crippen LogP contribution in [0, 0.1) is 5.41 Å². The molecule has 1 heterocycles. The summed E-state index contributed by atoms with van der Waals surface area (Å²) in [6.45, 7) is 3.65. The molecule has 1 aromatic rings. The summed E-state index contributed by atoms with van der Waals surface area (Å²) < 4.78 is 0. The smallest absolute Gasteiger partial charge is 0.223 e. The molecule has 0 bridgehead atoms. The van der Waals surface area contributed by atoms with Crippen LogP contribution in [0.15, 0.2) is 24.3 Å². The number of nitrogens with two attached hydrogens (primary N) is 1. The summed E-state index contributed by atoms with van der Waals surface area (Å²) in [6, 6.07) is 8.71. The zero-order chi connectivity index (χ0) is 15.6. The van der Waals surface area contributed by atoms with Gasteiger partial charge in [-0.25, -0.2) is 0 Å². The van der Waals surface area contributed by atoms with Crippen LogP contribution < -0.4 is 5.73 Å². The Morgan fingerprint density at radius 3 is 2.73 bits per heavy atom. The molecular formula is C19H28N2O. The van der Waals surface area contributed by atoms with Gasteiger partial charge in [0.05, 0.1) is 6.04 Å². The van der Waals surface area contributed by atoms with Gasteiger partial charge in [0.15, 0.2) is 0 Å². The first-order valence-electron chi connectivity index (χ1n) is 8.73. The largest absolute Gasteiger partial charge is 0.336 e. The van der Waals surface area contributed by atoms with Gasteiger partial charge in [0.2, 0.25) is 5.91 Å². The normalized spacial score (nSPS) is 23.9. The molecule has 1 aliphatic heterocycles. The summed E-state index contributed by atoms with van der Waals surface area (Å²) in [4.78, 5) is 15.0. The molecule has 1 atom stereocenters. The van der Waals surface area contributed by atoms with Gasteiger partial charge in [0, 0.05) is 13.0 Å². The van der Waals surface area contributed by atoms with Crippen LogP contribution in [-0.4, -0.2) is 23.9 Å². The second-order valence-corrected chi connectivity index (χ2v) is 7.15. The van der Waals surface area contributed by atoms with Crippen LogP contribution in [-0.2, 0) is 11.2 Å². The fourth-order valence-corrected chi connectivity index (χ4v) is 4.29. The van der Waals surface area contributed by atoms with E-state index in [-0.39, 0.29) is 11.5 Å². The molecule has 1 amide bonds. The van der Waals surface area contributed by atoms with Crippen LogP contribution in [0.1, 0.15) is 62.6 Å². The Balaban J connectivity index is 1.73. The third-order valence-electron chi connectivity index (χ3n) is 5.79. The van der Waals surface area contributed by atoms with Crippen molar-refractivity contribution in [2.75, 3.05) is 13.1 Å². The van der Waals surface area contributed by atoms with E-state index < -0.39 is 0 Å². The van der Waals surface area contributed by atoms with Crippen molar-refractivity contribution in [1.29, 1.82) is 0 Å². The molecule has 2 aliphatic rings. The summed E-state index contributed by atoms with van der Waals surface area (Å²) in [5, 5.41) is 0. The summed E-state index contributed by atoms with van der Waals surface area (Å²) in [7, 11) is 0. The van der Waals surface area contributed by atoms with E-state index in [0.29, 0.717) is 18.9 Å². The summed E-state index contributed by atoms with van der Waals surface area (Å²) in [5.74, 6) is 0.300. The fraction of sp³-hybridized carbons (Fsp3) is 0.632. The highest BCUT2D eigenvalue weighted by Gasteiger charge is 2.36. The first kappa shape index (κ1) is 15.5. The molecule has 0 aromatic heterocycles. The minimum atomic E-state index is 0.0615. The second kappa shape index (κ2) is 6.41. The Kier molecular flexibility index (Phi) is 4.53. The van der Waals surface area contributed by atoms with Crippen molar-refractivity contribution in [2.45, 2.75) is 57.9 Å². The predicted octanol–water partition coefficient (Wildman–Crippen LogP) is 3.43. The molecule has 0 radical (unpaired) electrons. The first-order valence-corrected chi connectivity index (χ1v) is 8.73. The Hall–Kier alpha value is -1.35. The number of hydrogen-bond acceptors (Lipinski definition) is 2. The molecule has 1 unspecified atom stereocenters. The molecule has 0 saturated heterocycles. The lowest BCUT2D eigenvalue weighted by molar-refractivity contribution is -0.136. The van der Waals surface area contributed by atoms with Gasteiger partial charge in [0.25, 0.3) is 0 Å². The van der Waals surface area contributed by atoms with E-state index in [4.69, 9.17) is 5.73 Å². The number of carbonyl (C=O) groups excluding carboxylic acids is 1. The van der Waals surface area contributed by atoms with Gasteiger partial charge in [-0.1, -0.05) is 43.5 Å². The quantitative estimate of drug-likeness (QED) is 0.929. The summed E-state index contributed by atoms with van der Waals surface area (Å²) >= 11 is 0. The second-order valence-electron chi connectivity index (χ2n) is 7.15. The average Bonchev–Trinajstić information content (AvgIpc) is 2.56. The third-order valence-corrected chi connectivity index (χ3v) is 5.79. The molecular weight excluding hydrogens is 272 g/mol. The molecule has 0 spiro atoms. The maximum Gasteiger partial charge on any atom is 0.223 e. The molecule has 3 rings (SSSR count). The number of hydrogen-bond donors (Lipinski definition) is 1. The van der Waals surface area contributed by atoms with E-state index in [0.717, 1.165) is 25.8 Å². The van der Waals surface area contributed by atoms with Gasteiger partial charge in [-0.05, 0) is 49.3 Å². The van der Waals surface area contributed by atoms with Crippen LogP contribution in [0.25, 0.3) is 0 Å². The van der Waals surface area contributed by atoms with Crippen LogP contribution in [0.2, 0.25) is 0 Å². The van der Waals surface area contributed by atoms with Gasteiger partial charge in [-0.3, -0.25) is 4.79 Å². The molecule has 3 heteroatoms. The maximum atomic E-state index is 12.9. The van der Waals surface area contributed by atoms with Crippen molar-refractivity contribution in [3.8, 4) is 0 Å². The first-order chi connectivity index (χ1) is 10.7. The van der Waals surface area contributed by atoms with Crippen molar-refractivity contribution in [3.05, 3.63) is 35.4 Å². The lowest BCUT2D eigenvalue weighted by Gasteiger charge is -2.40. The van der Waals surface area contributed by atoms with Gasteiger partial charge >= 0.3 is 0 Å². The minimum absolute atomic E-state index is 0.0615. The van der Waals surface area contributed by atoms with Gasteiger partial charge in [0.1, 0.15) is 0 Å². The lowest BCUT2D eigenvalue weighted by Crippen LogP contribution is -2.43. The fourth-order valence-electron chi connectivity index (χ4n) is 4.29. The molecule has 2 N–H and O–H groups in total. The van der Waals surface area contributed by atoms with E-state index >= 15 is 0 Å². The zero-order valence-corrected chi connectivity index (χ0v) is 13.7. The number of fused-ring (bicyclic) bond motifs is 1. The molecule has 120 valence electrons. The van der Waals surface area contributed by atoms with Crippen molar-refractivity contribution in [2.24, 2.45) is 11.1 Å². The number of carbonyl (C=O) groups is 1. The van der Waals surface area contributed by atoms with Crippen molar-refractivity contribution in [1.82, 2.24) is 4.90 Å². The predicted molar refractivity (Wildman–Crippen MR) is 89.5 cm³/mol. The van der Waals surface area contributed by atoms with E-state index in [1.165, 1.54) is 30.4 Å². The molecule has 1 saturated carbocycles. The lowest BCUT2D eigenvalue weighted by atomic mass is 9.71. The SMILES string of the molecule is CC1c2ccccc2CCN1C(=O)CC1(CN)CCCCC1. The van der Waals surface area contributed by atoms with Crippen LogP contribution in [0.4, 0.5) is 0 Å². The number of nitrogens with zero attached hydrogens (tertiary/aromatic N) is 1. The number of rotatable bonds is 3. The Bertz CT molecular complexity index is 534. The Morgan fingerprint density at radius 1 is 1.27 bits per heavy atom. The van der Waals surface area contributed by atoms with Crippen molar-refractivity contribution < 1.29 is 4.79 Å². The van der Waals surface area contributed by atoms with E-state index in [1.54, 1.807) is 0 Å². The highest BCUT2D eigenvalue weighted by Crippen LogP contribution is 2.40. The molecule has 3 nitrogen and oxygen atoms in total. The molecule has 1 fully saturated rings. The highest BCUT2D eigenvalue weighted by atomic mass is 16.2. The third kappa shape index (κ3) is 2.91. The van der Waals surface area contributed by atoms with Crippen molar-refractivity contribution >= 4 is 5.91 Å². The highest BCUT2D eigenvalue weighted by molar-refractivity contribution is 5.78. The van der Waals surface area contributed by atoms with Crippen molar-refractivity contribution in [3.63, 3.8) is 0 Å². The number of benzene rings is 1. The maximum absolute atomic E-state index is 12.9. The molecule has 1 aliphatic carbocycles. The van der Waals surface area contributed by atoms with E-state index in [1.807, 2.05) is 0 Å². The Morgan fingerprint density at radius 2 is 2.00 bits per heavy atom.